The topological polar surface area (TPSA) is 44.4 Å². The monoisotopic (exact) mass is 261 g/mol. The van der Waals surface area contributed by atoms with E-state index in [1.165, 1.54) is 5.69 Å². The fourth-order valence-corrected chi connectivity index (χ4v) is 2.45. The second-order valence-electron chi connectivity index (χ2n) is 4.94. The van der Waals surface area contributed by atoms with E-state index in [2.05, 4.69) is 28.5 Å². The van der Waals surface area contributed by atoms with Gasteiger partial charge in [-0.15, -0.1) is 0 Å². The van der Waals surface area contributed by atoms with Crippen LogP contribution in [0.5, 0.6) is 0 Å². The van der Waals surface area contributed by atoms with Crippen LogP contribution >= 0.6 is 0 Å². The van der Waals surface area contributed by atoms with Gasteiger partial charge in [-0.2, -0.15) is 0 Å². The number of carbonyl (C=O) groups excluding carboxylic acids is 1. The lowest BCUT2D eigenvalue weighted by Gasteiger charge is -2.31. The van der Waals surface area contributed by atoms with E-state index in [-0.39, 0.29) is 5.91 Å². The zero-order valence-electron chi connectivity index (χ0n) is 11.8. The van der Waals surface area contributed by atoms with E-state index in [0.717, 1.165) is 50.3 Å². The molecular weight excluding hydrogens is 238 g/mol. The van der Waals surface area contributed by atoms with E-state index in [0.29, 0.717) is 0 Å². The van der Waals surface area contributed by atoms with Gasteiger partial charge in [0.2, 0.25) is 0 Å². The lowest BCUT2D eigenvalue weighted by molar-refractivity contribution is 0.0953. The van der Waals surface area contributed by atoms with Crippen LogP contribution in [0, 0.1) is 6.92 Å². The number of nitrogens with zero attached hydrogens (tertiary/aromatic N) is 1. The molecule has 19 heavy (non-hydrogen) atoms. The van der Waals surface area contributed by atoms with Gasteiger partial charge in [-0.1, -0.05) is 13.0 Å². The Morgan fingerprint density at radius 1 is 1.37 bits per heavy atom. The number of piperazine rings is 1. The molecular formula is C15H23N3O. The van der Waals surface area contributed by atoms with Crippen LogP contribution in [0.1, 0.15) is 29.3 Å². The van der Waals surface area contributed by atoms with Crippen molar-refractivity contribution in [3.05, 3.63) is 29.3 Å². The minimum atomic E-state index is 0.0383. The van der Waals surface area contributed by atoms with Gasteiger partial charge < -0.3 is 15.5 Å². The summed E-state index contributed by atoms with van der Waals surface area (Å²) in [6.07, 6.45) is 0.961. The summed E-state index contributed by atoms with van der Waals surface area (Å²) in [5.41, 5.74) is 3.06. The molecule has 4 nitrogen and oxygen atoms in total. The summed E-state index contributed by atoms with van der Waals surface area (Å²) in [5, 5.41) is 6.30. The maximum Gasteiger partial charge on any atom is 0.251 e. The Bertz CT molecular complexity index is 439. The molecule has 1 fully saturated rings. The molecule has 1 heterocycles. The van der Waals surface area contributed by atoms with Crippen molar-refractivity contribution in [2.45, 2.75) is 20.3 Å². The van der Waals surface area contributed by atoms with Crippen molar-refractivity contribution < 1.29 is 4.79 Å². The van der Waals surface area contributed by atoms with Crippen LogP contribution in [0.15, 0.2) is 18.2 Å². The van der Waals surface area contributed by atoms with E-state index in [4.69, 9.17) is 0 Å². The standard InChI is InChI=1S/C15H23N3O/c1-3-7-17-15(19)13-5-4-6-14(12(13)2)18-10-8-16-9-11-18/h4-6,16H,3,7-11H2,1-2H3,(H,17,19). The van der Waals surface area contributed by atoms with Gasteiger partial charge in [-0.25, -0.2) is 0 Å². The van der Waals surface area contributed by atoms with Crippen LogP contribution in [-0.2, 0) is 0 Å². The molecule has 0 unspecified atom stereocenters. The van der Waals surface area contributed by atoms with Crippen LogP contribution < -0.4 is 15.5 Å². The normalized spacial score (nSPS) is 15.4. The fraction of sp³-hybridized carbons (Fsp3) is 0.533. The van der Waals surface area contributed by atoms with Crippen molar-refractivity contribution in [2.75, 3.05) is 37.6 Å². The van der Waals surface area contributed by atoms with Gasteiger partial charge in [0.25, 0.3) is 5.91 Å². The molecule has 0 saturated carbocycles. The lowest BCUT2D eigenvalue weighted by Crippen LogP contribution is -2.44. The number of nitrogens with one attached hydrogen (secondary N) is 2. The first-order chi connectivity index (χ1) is 9.24. The Morgan fingerprint density at radius 2 is 2.11 bits per heavy atom. The molecule has 2 rings (SSSR count). The molecule has 0 atom stereocenters. The number of hydrogen-bond donors (Lipinski definition) is 2. The number of hydrogen-bond acceptors (Lipinski definition) is 3. The smallest absolute Gasteiger partial charge is 0.251 e. The van der Waals surface area contributed by atoms with Crippen molar-refractivity contribution in [2.24, 2.45) is 0 Å². The second-order valence-corrected chi connectivity index (χ2v) is 4.94. The molecule has 1 saturated heterocycles. The highest BCUT2D eigenvalue weighted by Gasteiger charge is 2.16. The van der Waals surface area contributed by atoms with Crippen LogP contribution in [0.4, 0.5) is 5.69 Å². The number of anilines is 1. The molecule has 0 spiro atoms. The minimum absolute atomic E-state index is 0.0383. The Morgan fingerprint density at radius 3 is 2.79 bits per heavy atom. The van der Waals surface area contributed by atoms with Crippen molar-refractivity contribution in [3.8, 4) is 0 Å². The van der Waals surface area contributed by atoms with Crippen molar-refractivity contribution in [1.82, 2.24) is 10.6 Å². The van der Waals surface area contributed by atoms with E-state index < -0.39 is 0 Å². The highest BCUT2D eigenvalue weighted by molar-refractivity contribution is 5.97. The molecule has 0 radical (unpaired) electrons. The first kappa shape index (κ1) is 13.9. The molecule has 0 aromatic heterocycles. The molecule has 104 valence electrons. The van der Waals surface area contributed by atoms with Gasteiger partial charge in [0.15, 0.2) is 0 Å². The summed E-state index contributed by atoms with van der Waals surface area (Å²) in [6, 6.07) is 5.99. The highest BCUT2D eigenvalue weighted by Crippen LogP contribution is 2.23. The summed E-state index contributed by atoms with van der Waals surface area (Å²) in [7, 11) is 0. The predicted octanol–water partition coefficient (Wildman–Crippen LogP) is 1.54. The minimum Gasteiger partial charge on any atom is -0.369 e. The quantitative estimate of drug-likeness (QED) is 0.864. The van der Waals surface area contributed by atoms with Gasteiger partial charge in [0.05, 0.1) is 0 Å². The van der Waals surface area contributed by atoms with E-state index in [1.54, 1.807) is 0 Å². The number of amides is 1. The maximum absolute atomic E-state index is 12.1. The number of benzene rings is 1. The summed E-state index contributed by atoms with van der Waals surface area (Å²) in [4.78, 5) is 14.5. The van der Waals surface area contributed by atoms with Gasteiger partial charge in [-0.3, -0.25) is 4.79 Å². The fourth-order valence-electron chi connectivity index (χ4n) is 2.45. The van der Waals surface area contributed by atoms with Gasteiger partial charge in [0, 0.05) is 44.0 Å². The predicted molar refractivity (Wildman–Crippen MR) is 78.9 cm³/mol. The van der Waals surface area contributed by atoms with Gasteiger partial charge >= 0.3 is 0 Å². The maximum atomic E-state index is 12.1. The summed E-state index contributed by atoms with van der Waals surface area (Å²) < 4.78 is 0. The third kappa shape index (κ3) is 3.26. The molecule has 1 aliphatic rings. The average molecular weight is 261 g/mol. The molecule has 0 aliphatic carbocycles. The summed E-state index contributed by atoms with van der Waals surface area (Å²) >= 11 is 0. The molecule has 1 amide bonds. The van der Waals surface area contributed by atoms with Crippen molar-refractivity contribution >= 4 is 11.6 Å². The molecule has 1 aliphatic heterocycles. The van der Waals surface area contributed by atoms with E-state index in [9.17, 15) is 4.79 Å². The zero-order valence-corrected chi connectivity index (χ0v) is 11.8. The lowest BCUT2D eigenvalue weighted by atomic mass is 10.0. The molecule has 2 N–H and O–H groups in total. The van der Waals surface area contributed by atoms with E-state index >= 15 is 0 Å². The third-order valence-electron chi connectivity index (χ3n) is 3.54. The first-order valence-corrected chi connectivity index (χ1v) is 7.07. The SMILES string of the molecule is CCCNC(=O)c1cccc(N2CCNCC2)c1C. The van der Waals surface area contributed by atoms with Gasteiger partial charge in [0.1, 0.15) is 0 Å². The second kappa shape index (κ2) is 6.57. The number of carbonyl (C=O) groups is 1. The Labute approximate surface area is 115 Å². The van der Waals surface area contributed by atoms with E-state index in [1.807, 2.05) is 19.1 Å². The molecule has 4 heteroatoms. The zero-order chi connectivity index (χ0) is 13.7. The average Bonchev–Trinajstić information content (AvgIpc) is 2.46. The Hall–Kier alpha value is -1.55. The largest absolute Gasteiger partial charge is 0.369 e. The summed E-state index contributed by atoms with van der Waals surface area (Å²) in [6.45, 7) is 8.85. The third-order valence-corrected chi connectivity index (χ3v) is 3.54. The van der Waals surface area contributed by atoms with Crippen LogP contribution in [0.25, 0.3) is 0 Å². The number of rotatable bonds is 4. The van der Waals surface area contributed by atoms with Gasteiger partial charge in [-0.05, 0) is 31.0 Å². The van der Waals surface area contributed by atoms with Crippen molar-refractivity contribution in [1.29, 1.82) is 0 Å². The molecule has 0 bridgehead atoms. The molecule has 1 aromatic carbocycles. The highest BCUT2D eigenvalue weighted by atomic mass is 16.1. The Balaban J connectivity index is 2.19. The molecule has 1 aromatic rings. The Kier molecular flexibility index (Phi) is 4.80. The van der Waals surface area contributed by atoms with Crippen LogP contribution in [0.2, 0.25) is 0 Å². The first-order valence-electron chi connectivity index (χ1n) is 7.07. The van der Waals surface area contributed by atoms with Crippen LogP contribution in [0.3, 0.4) is 0 Å². The summed E-state index contributed by atoms with van der Waals surface area (Å²) in [5.74, 6) is 0.0383. The van der Waals surface area contributed by atoms with Crippen molar-refractivity contribution in [3.63, 3.8) is 0 Å². The van der Waals surface area contributed by atoms with Crippen LogP contribution in [-0.4, -0.2) is 38.6 Å².